The summed E-state index contributed by atoms with van der Waals surface area (Å²) in [6, 6.07) is 9.92. The zero-order valence-corrected chi connectivity index (χ0v) is 8.21. The van der Waals surface area contributed by atoms with Crippen LogP contribution in [0, 0.1) is 0 Å². The van der Waals surface area contributed by atoms with Gasteiger partial charge in [0, 0.05) is 6.04 Å². The van der Waals surface area contributed by atoms with Crippen LogP contribution in [-0.4, -0.2) is 5.24 Å². The number of benzene rings is 1. The number of hydrogen-bond acceptors (Lipinski definition) is 2. The molecule has 2 N–H and O–H groups in total. The molecular weight excluding hydrogens is 184 g/mol. The van der Waals surface area contributed by atoms with E-state index in [1.165, 1.54) is 0 Å². The van der Waals surface area contributed by atoms with E-state index in [-0.39, 0.29) is 11.3 Å². The summed E-state index contributed by atoms with van der Waals surface area (Å²) in [5.41, 5.74) is 6.36. The lowest BCUT2D eigenvalue weighted by molar-refractivity contribution is 0.255. The Morgan fingerprint density at radius 1 is 1.38 bits per heavy atom. The van der Waals surface area contributed by atoms with Gasteiger partial charge in [0.1, 0.15) is 0 Å². The van der Waals surface area contributed by atoms with E-state index in [1.54, 1.807) is 0 Å². The maximum Gasteiger partial charge on any atom is 0.290 e. The van der Waals surface area contributed by atoms with Crippen molar-refractivity contribution in [3.63, 3.8) is 0 Å². The summed E-state index contributed by atoms with van der Waals surface area (Å²) in [5.74, 6) is 0. The first-order valence-electron chi connectivity index (χ1n) is 3.99. The van der Waals surface area contributed by atoms with Gasteiger partial charge >= 0.3 is 0 Å². The van der Waals surface area contributed by atoms with Gasteiger partial charge in [0.25, 0.3) is 5.24 Å². The van der Waals surface area contributed by atoms with E-state index < -0.39 is 0 Å². The summed E-state index contributed by atoms with van der Waals surface area (Å²) < 4.78 is 0. The fourth-order valence-electron chi connectivity index (χ4n) is 0.995. The maximum absolute atomic E-state index is 10.5. The van der Waals surface area contributed by atoms with Crippen molar-refractivity contribution in [1.82, 2.24) is 10.9 Å². The van der Waals surface area contributed by atoms with E-state index in [0.29, 0.717) is 0 Å². The van der Waals surface area contributed by atoms with Crippen molar-refractivity contribution in [2.24, 2.45) is 0 Å². The molecule has 0 saturated heterocycles. The summed E-state index contributed by atoms with van der Waals surface area (Å²) >= 11 is 3.57. The van der Waals surface area contributed by atoms with Crippen LogP contribution < -0.4 is 10.9 Å². The van der Waals surface area contributed by atoms with Crippen LogP contribution in [0.15, 0.2) is 30.3 Å². The van der Waals surface area contributed by atoms with E-state index in [4.69, 9.17) is 0 Å². The number of carbonyl (C=O) groups is 1. The standard InChI is InChI=1S/C9H12N2OS/c1-7(10-11-9(12)13)8-5-3-2-4-6-8/h2-7,10H,1H3,(H2,11,12,13). The number of hydrazine groups is 1. The van der Waals surface area contributed by atoms with Crippen LogP contribution in [0.1, 0.15) is 18.5 Å². The molecule has 13 heavy (non-hydrogen) atoms. The molecule has 0 heterocycles. The number of amides is 1. The molecular formula is C9H12N2OS. The lowest BCUT2D eigenvalue weighted by Crippen LogP contribution is -2.35. The first kappa shape index (κ1) is 10.1. The summed E-state index contributed by atoms with van der Waals surface area (Å²) in [5, 5.41) is -0.386. The second-order valence-electron chi connectivity index (χ2n) is 2.71. The molecule has 0 aromatic heterocycles. The molecule has 0 bridgehead atoms. The lowest BCUT2D eigenvalue weighted by atomic mass is 10.1. The Balaban J connectivity index is 2.49. The van der Waals surface area contributed by atoms with E-state index in [0.717, 1.165) is 5.56 Å². The predicted molar refractivity (Wildman–Crippen MR) is 55.5 cm³/mol. The minimum absolute atomic E-state index is 0.0808. The van der Waals surface area contributed by atoms with Gasteiger partial charge in [-0.15, -0.1) is 0 Å². The Hall–Kier alpha value is -1.00. The quantitative estimate of drug-likeness (QED) is 0.510. The van der Waals surface area contributed by atoms with Gasteiger partial charge in [0.05, 0.1) is 0 Å². The van der Waals surface area contributed by atoms with E-state index in [9.17, 15) is 4.79 Å². The highest BCUT2D eigenvalue weighted by Crippen LogP contribution is 2.09. The van der Waals surface area contributed by atoms with Crippen molar-refractivity contribution in [1.29, 1.82) is 0 Å². The van der Waals surface area contributed by atoms with Crippen LogP contribution in [0.2, 0.25) is 0 Å². The minimum atomic E-state index is -0.386. The Labute approximate surface area is 82.9 Å². The second-order valence-corrected chi connectivity index (χ2v) is 3.11. The van der Waals surface area contributed by atoms with Gasteiger partial charge < -0.3 is 0 Å². The molecule has 3 nitrogen and oxygen atoms in total. The molecule has 1 unspecified atom stereocenters. The van der Waals surface area contributed by atoms with E-state index >= 15 is 0 Å². The monoisotopic (exact) mass is 196 g/mol. The fourth-order valence-corrected chi connectivity index (χ4v) is 1.06. The molecule has 70 valence electrons. The van der Waals surface area contributed by atoms with Crippen molar-refractivity contribution in [2.75, 3.05) is 0 Å². The van der Waals surface area contributed by atoms with Crippen molar-refractivity contribution in [2.45, 2.75) is 13.0 Å². The van der Waals surface area contributed by atoms with Gasteiger partial charge in [-0.1, -0.05) is 43.0 Å². The van der Waals surface area contributed by atoms with Crippen molar-refractivity contribution >= 4 is 17.9 Å². The molecule has 0 aliphatic rings. The van der Waals surface area contributed by atoms with Gasteiger partial charge in [-0.25, -0.2) is 5.43 Å². The second kappa shape index (κ2) is 4.89. The Morgan fingerprint density at radius 2 is 2.00 bits per heavy atom. The van der Waals surface area contributed by atoms with Crippen LogP contribution in [-0.2, 0) is 0 Å². The van der Waals surface area contributed by atoms with Gasteiger partial charge in [0.2, 0.25) is 0 Å². The first-order chi connectivity index (χ1) is 6.20. The zero-order chi connectivity index (χ0) is 9.68. The first-order valence-corrected chi connectivity index (χ1v) is 4.44. The van der Waals surface area contributed by atoms with Crippen LogP contribution >= 0.6 is 12.6 Å². The number of nitrogens with one attached hydrogen (secondary N) is 2. The maximum atomic E-state index is 10.5. The highest BCUT2D eigenvalue weighted by atomic mass is 32.1. The lowest BCUT2D eigenvalue weighted by Gasteiger charge is -2.13. The largest absolute Gasteiger partial charge is 0.290 e. The highest BCUT2D eigenvalue weighted by Gasteiger charge is 2.03. The summed E-state index contributed by atoms with van der Waals surface area (Å²) in [4.78, 5) is 10.5. The predicted octanol–water partition coefficient (Wildman–Crippen LogP) is 1.89. The van der Waals surface area contributed by atoms with Crippen molar-refractivity contribution < 1.29 is 4.79 Å². The average Bonchev–Trinajstić information content (AvgIpc) is 2.15. The summed E-state index contributed by atoms with van der Waals surface area (Å²) in [7, 11) is 0. The van der Waals surface area contributed by atoms with Gasteiger partial charge in [0.15, 0.2) is 0 Å². The number of thiol groups is 1. The highest BCUT2D eigenvalue weighted by molar-refractivity contribution is 7.96. The fraction of sp³-hybridized carbons (Fsp3) is 0.222. The Morgan fingerprint density at radius 3 is 2.54 bits per heavy atom. The van der Waals surface area contributed by atoms with Crippen molar-refractivity contribution in [3.8, 4) is 0 Å². The van der Waals surface area contributed by atoms with E-state index in [1.807, 2.05) is 37.3 Å². The minimum Gasteiger partial charge on any atom is -0.282 e. The third-order valence-electron chi connectivity index (χ3n) is 1.70. The molecule has 0 spiro atoms. The third kappa shape index (κ3) is 3.48. The molecule has 0 aliphatic heterocycles. The molecule has 1 atom stereocenters. The van der Waals surface area contributed by atoms with Crippen LogP contribution in [0.3, 0.4) is 0 Å². The number of carbonyl (C=O) groups excluding carboxylic acids is 1. The van der Waals surface area contributed by atoms with Gasteiger partial charge in [-0.2, -0.15) is 0 Å². The van der Waals surface area contributed by atoms with Crippen LogP contribution in [0.4, 0.5) is 4.79 Å². The molecule has 0 saturated carbocycles. The molecule has 1 aromatic carbocycles. The average molecular weight is 196 g/mol. The normalized spacial score (nSPS) is 12.2. The molecule has 0 aliphatic carbocycles. The topological polar surface area (TPSA) is 41.1 Å². The molecule has 1 rings (SSSR count). The van der Waals surface area contributed by atoms with Gasteiger partial charge in [-0.3, -0.25) is 10.2 Å². The number of hydrogen-bond donors (Lipinski definition) is 3. The Bertz CT molecular complexity index is 276. The zero-order valence-electron chi connectivity index (χ0n) is 7.32. The summed E-state index contributed by atoms with van der Waals surface area (Å²) in [6.07, 6.45) is 0. The van der Waals surface area contributed by atoms with E-state index in [2.05, 4.69) is 23.5 Å². The Kier molecular flexibility index (Phi) is 3.79. The molecule has 0 radical (unpaired) electrons. The molecule has 1 aromatic rings. The number of rotatable bonds is 3. The smallest absolute Gasteiger partial charge is 0.282 e. The SMILES string of the molecule is CC(NNC(=O)S)c1ccccc1. The third-order valence-corrected chi connectivity index (χ3v) is 1.81. The van der Waals surface area contributed by atoms with Crippen LogP contribution in [0.25, 0.3) is 0 Å². The van der Waals surface area contributed by atoms with Crippen molar-refractivity contribution in [3.05, 3.63) is 35.9 Å². The molecule has 1 amide bonds. The van der Waals surface area contributed by atoms with Gasteiger partial charge in [-0.05, 0) is 12.5 Å². The molecule has 0 fully saturated rings. The summed E-state index contributed by atoms with van der Waals surface area (Å²) in [6.45, 7) is 1.96. The van der Waals surface area contributed by atoms with Crippen LogP contribution in [0.5, 0.6) is 0 Å². The molecule has 4 heteroatoms.